The molecule has 0 heterocycles. The Bertz CT molecular complexity index is 829. The fourth-order valence-electron chi connectivity index (χ4n) is 2.29. The van der Waals surface area contributed by atoms with Gasteiger partial charge in [-0.2, -0.15) is 0 Å². The van der Waals surface area contributed by atoms with Gasteiger partial charge in [-0.25, -0.2) is 13.1 Å². The van der Waals surface area contributed by atoms with Crippen LogP contribution in [0.1, 0.15) is 35.3 Å². The Labute approximate surface area is 154 Å². The Kier molecular flexibility index (Phi) is 6.76. The number of hydrogen-bond acceptors (Lipinski definition) is 4. The second kappa shape index (κ2) is 8.82. The number of rotatable bonds is 8. The summed E-state index contributed by atoms with van der Waals surface area (Å²) in [5, 5.41) is 2.84. The van der Waals surface area contributed by atoms with Gasteiger partial charge >= 0.3 is 0 Å². The van der Waals surface area contributed by atoms with Gasteiger partial charge < -0.3 is 10.1 Å². The first-order chi connectivity index (χ1) is 12.3. The lowest BCUT2D eigenvalue weighted by Crippen LogP contribution is -2.23. The maximum atomic E-state index is 12.2. The van der Waals surface area contributed by atoms with Crippen molar-refractivity contribution in [1.82, 2.24) is 10.0 Å². The average molecular weight is 376 g/mol. The fourth-order valence-corrected chi connectivity index (χ4v) is 3.06. The normalized spacial score (nSPS) is 11.4. The molecule has 2 rings (SSSR count). The highest BCUT2D eigenvalue weighted by Crippen LogP contribution is 2.14. The van der Waals surface area contributed by atoms with Crippen LogP contribution in [-0.2, 0) is 22.3 Å². The molecule has 0 aromatic heterocycles. The molecule has 2 aromatic rings. The molecule has 0 aliphatic rings. The van der Waals surface area contributed by atoms with Crippen molar-refractivity contribution in [3.8, 4) is 5.75 Å². The van der Waals surface area contributed by atoms with Crippen LogP contribution in [0, 0.1) is 0 Å². The highest BCUT2D eigenvalue weighted by atomic mass is 32.2. The summed E-state index contributed by atoms with van der Waals surface area (Å²) < 4.78 is 30.9. The standard InChI is InChI=1S/C19H24N2O4S/c1-14(2)25-18-10-8-17(9-11-18)19(22)21-12-15-4-6-16(7-5-15)13-26(23,24)20-3/h4-11,14,20H,12-13H2,1-3H3,(H,21,22). The largest absolute Gasteiger partial charge is 0.491 e. The minimum Gasteiger partial charge on any atom is -0.491 e. The van der Waals surface area contributed by atoms with E-state index >= 15 is 0 Å². The van der Waals surface area contributed by atoms with E-state index in [1.807, 2.05) is 13.8 Å². The molecule has 0 aliphatic heterocycles. The van der Waals surface area contributed by atoms with Crippen molar-refractivity contribution in [3.63, 3.8) is 0 Å². The van der Waals surface area contributed by atoms with Crippen molar-refractivity contribution in [2.24, 2.45) is 0 Å². The molecule has 0 spiro atoms. The van der Waals surface area contributed by atoms with Crippen LogP contribution in [0.3, 0.4) is 0 Å². The third-order valence-corrected chi connectivity index (χ3v) is 4.97. The first kappa shape index (κ1) is 19.9. The van der Waals surface area contributed by atoms with Gasteiger partial charge in [-0.1, -0.05) is 24.3 Å². The number of carbonyl (C=O) groups is 1. The van der Waals surface area contributed by atoms with Crippen molar-refractivity contribution in [2.45, 2.75) is 32.2 Å². The molecule has 0 atom stereocenters. The predicted molar refractivity (Wildman–Crippen MR) is 102 cm³/mol. The molecular weight excluding hydrogens is 352 g/mol. The molecule has 140 valence electrons. The van der Waals surface area contributed by atoms with E-state index in [1.165, 1.54) is 7.05 Å². The Morgan fingerprint density at radius 1 is 1.00 bits per heavy atom. The van der Waals surface area contributed by atoms with E-state index in [4.69, 9.17) is 4.74 Å². The number of amides is 1. The van der Waals surface area contributed by atoms with E-state index in [1.54, 1.807) is 48.5 Å². The minimum atomic E-state index is -3.29. The smallest absolute Gasteiger partial charge is 0.251 e. The van der Waals surface area contributed by atoms with E-state index in [9.17, 15) is 13.2 Å². The number of hydrogen-bond donors (Lipinski definition) is 2. The van der Waals surface area contributed by atoms with Gasteiger partial charge in [-0.3, -0.25) is 4.79 Å². The second-order valence-corrected chi connectivity index (χ2v) is 8.08. The van der Waals surface area contributed by atoms with E-state index in [0.717, 1.165) is 11.3 Å². The lowest BCUT2D eigenvalue weighted by molar-refractivity contribution is 0.0951. The van der Waals surface area contributed by atoms with Gasteiger partial charge in [0.1, 0.15) is 5.75 Å². The topological polar surface area (TPSA) is 84.5 Å². The van der Waals surface area contributed by atoms with E-state index in [2.05, 4.69) is 10.0 Å². The Balaban J connectivity index is 1.90. The number of sulfonamides is 1. The van der Waals surface area contributed by atoms with Crippen LogP contribution in [0.4, 0.5) is 0 Å². The molecule has 0 radical (unpaired) electrons. The number of carbonyl (C=O) groups excluding carboxylic acids is 1. The molecule has 0 saturated carbocycles. The van der Waals surface area contributed by atoms with Crippen molar-refractivity contribution in [1.29, 1.82) is 0 Å². The van der Waals surface area contributed by atoms with Gasteiger partial charge in [0.2, 0.25) is 10.0 Å². The zero-order valence-corrected chi connectivity index (χ0v) is 16.0. The van der Waals surface area contributed by atoms with E-state index in [0.29, 0.717) is 17.7 Å². The van der Waals surface area contributed by atoms with Gasteiger partial charge in [-0.05, 0) is 56.3 Å². The first-order valence-electron chi connectivity index (χ1n) is 8.33. The van der Waals surface area contributed by atoms with Crippen molar-refractivity contribution in [3.05, 3.63) is 65.2 Å². The first-order valence-corrected chi connectivity index (χ1v) is 9.98. The highest BCUT2D eigenvalue weighted by Gasteiger charge is 2.09. The van der Waals surface area contributed by atoms with Crippen LogP contribution in [0.25, 0.3) is 0 Å². The predicted octanol–water partition coefficient (Wildman–Crippen LogP) is 2.45. The van der Waals surface area contributed by atoms with Crippen LogP contribution in [0.5, 0.6) is 5.75 Å². The summed E-state index contributed by atoms with van der Waals surface area (Å²) in [6.07, 6.45) is 0.0840. The molecule has 0 aliphatic carbocycles. The van der Waals surface area contributed by atoms with Gasteiger partial charge in [0.15, 0.2) is 0 Å². The third kappa shape index (κ3) is 6.16. The van der Waals surface area contributed by atoms with Crippen molar-refractivity contribution < 1.29 is 17.9 Å². The molecular formula is C19H24N2O4S. The Morgan fingerprint density at radius 2 is 1.58 bits per heavy atom. The molecule has 0 fully saturated rings. The quantitative estimate of drug-likeness (QED) is 0.741. The molecule has 6 nitrogen and oxygen atoms in total. The highest BCUT2D eigenvalue weighted by molar-refractivity contribution is 7.88. The summed E-state index contributed by atoms with van der Waals surface area (Å²) in [6.45, 7) is 4.25. The molecule has 2 N–H and O–H groups in total. The van der Waals surface area contributed by atoms with Crippen molar-refractivity contribution in [2.75, 3.05) is 7.05 Å². The summed E-state index contributed by atoms with van der Waals surface area (Å²) in [5.41, 5.74) is 2.14. The zero-order chi connectivity index (χ0) is 19.2. The molecule has 2 aromatic carbocycles. The molecule has 26 heavy (non-hydrogen) atoms. The molecule has 0 bridgehead atoms. The zero-order valence-electron chi connectivity index (χ0n) is 15.2. The lowest BCUT2D eigenvalue weighted by Gasteiger charge is -2.10. The molecule has 0 unspecified atom stereocenters. The SMILES string of the molecule is CNS(=O)(=O)Cc1ccc(CNC(=O)c2ccc(OC(C)C)cc2)cc1. The minimum absolute atomic E-state index is 0.0685. The van der Waals surface area contributed by atoms with E-state index < -0.39 is 10.0 Å². The maximum absolute atomic E-state index is 12.2. The summed E-state index contributed by atoms with van der Waals surface area (Å²) in [4.78, 5) is 12.2. The number of ether oxygens (including phenoxy) is 1. The van der Waals surface area contributed by atoms with Crippen LogP contribution in [0.2, 0.25) is 0 Å². The van der Waals surface area contributed by atoms with Gasteiger partial charge in [-0.15, -0.1) is 0 Å². The second-order valence-electron chi connectivity index (χ2n) is 6.15. The Hall–Kier alpha value is -2.38. The summed E-state index contributed by atoms with van der Waals surface area (Å²) in [5.74, 6) is 0.479. The van der Waals surface area contributed by atoms with Gasteiger partial charge in [0, 0.05) is 12.1 Å². The van der Waals surface area contributed by atoms with Crippen LogP contribution < -0.4 is 14.8 Å². The Morgan fingerprint density at radius 3 is 2.12 bits per heavy atom. The number of benzene rings is 2. The molecule has 1 amide bonds. The van der Waals surface area contributed by atoms with Crippen LogP contribution >= 0.6 is 0 Å². The molecule has 0 saturated heterocycles. The average Bonchev–Trinajstić information content (AvgIpc) is 2.61. The lowest BCUT2D eigenvalue weighted by atomic mass is 10.1. The van der Waals surface area contributed by atoms with Gasteiger partial charge in [0.05, 0.1) is 11.9 Å². The monoisotopic (exact) mass is 376 g/mol. The summed E-state index contributed by atoms with van der Waals surface area (Å²) >= 11 is 0. The van der Waals surface area contributed by atoms with E-state index in [-0.39, 0.29) is 17.8 Å². The number of nitrogens with one attached hydrogen (secondary N) is 2. The summed E-state index contributed by atoms with van der Waals surface area (Å²) in [7, 11) is -1.90. The molecule has 7 heteroatoms. The van der Waals surface area contributed by atoms with Crippen molar-refractivity contribution >= 4 is 15.9 Å². The fraction of sp³-hybridized carbons (Fsp3) is 0.316. The third-order valence-electron chi connectivity index (χ3n) is 3.63. The maximum Gasteiger partial charge on any atom is 0.251 e. The van der Waals surface area contributed by atoms with Gasteiger partial charge in [0.25, 0.3) is 5.91 Å². The van der Waals surface area contributed by atoms with Crippen LogP contribution in [0.15, 0.2) is 48.5 Å². The van der Waals surface area contributed by atoms with Crippen LogP contribution in [-0.4, -0.2) is 27.5 Å². The summed E-state index contributed by atoms with van der Waals surface area (Å²) in [6, 6.07) is 14.1.